The van der Waals surface area contributed by atoms with Crippen LogP contribution in [0.3, 0.4) is 0 Å². The van der Waals surface area contributed by atoms with Gasteiger partial charge in [0.1, 0.15) is 10.7 Å². The van der Waals surface area contributed by atoms with Crippen molar-refractivity contribution in [3.05, 3.63) is 52.0 Å². The van der Waals surface area contributed by atoms with Crippen molar-refractivity contribution in [2.75, 3.05) is 14.2 Å². The van der Waals surface area contributed by atoms with Gasteiger partial charge in [-0.25, -0.2) is 4.98 Å². The number of nitrogens with zero attached hydrogens (tertiary/aromatic N) is 2. The van der Waals surface area contributed by atoms with Crippen LogP contribution in [0.2, 0.25) is 0 Å². The number of hydrogen-bond donors (Lipinski definition) is 2. The van der Waals surface area contributed by atoms with E-state index in [0.717, 1.165) is 5.56 Å². The molecule has 0 unspecified atom stereocenters. The van der Waals surface area contributed by atoms with Crippen molar-refractivity contribution in [2.45, 2.75) is 84.5 Å². The van der Waals surface area contributed by atoms with Crippen LogP contribution < -0.4 is 11.1 Å². The maximum atomic E-state index is 13.3. The molecular weight excluding hydrogens is 544 g/mol. The lowest BCUT2D eigenvalue weighted by atomic mass is 9.95. The van der Waals surface area contributed by atoms with Gasteiger partial charge in [-0.2, -0.15) is 0 Å². The average Bonchev–Trinajstić information content (AvgIpc) is 3.44. The molecule has 0 aliphatic heterocycles. The highest BCUT2D eigenvalue weighted by atomic mass is 32.1. The first-order valence-corrected chi connectivity index (χ1v) is 14.8. The molecule has 0 saturated heterocycles. The Morgan fingerprint density at radius 1 is 1.10 bits per heavy atom. The fourth-order valence-corrected chi connectivity index (χ4v) is 5.55. The minimum atomic E-state index is -0.751. The van der Waals surface area contributed by atoms with Gasteiger partial charge < -0.3 is 25.4 Å². The Morgan fingerprint density at radius 2 is 1.76 bits per heavy atom. The maximum absolute atomic E-state index is 13.3. The lowest BCUT2D eigenvalue weighted by Crippen LogP contribution is -2.48. The zero-order chi connectivity index (χ0) is 30.7. The molecule has 1 aromatic carbocycles. The van der Waals surface area contributed by atoms with Gasteiger partial charge in [-0.1, -0.05) is 58.0 Å². The van der Waals surface area contributed by atoms with E-state index >= 15 is 0 Å². The van der Waals surface area contributed by atoms with Gasteiger partial charge in [0.2, 0.25) is 5.91 Å². The number of aromatic nitrogens is 1. The number of thiazole rings is 1. The lowest BCUT2D eigenvalue weighted by Gasteiger charge is -2.34. The molecule has 0 aliphatic carbocycles. The van der Waals surface area contributed by atoms with Crippen LogP contribution in [-0.2, 0) is 30.3 Å². The third kappa shape index (κ3) is 10.2. The molecular formula is C30H44N4O6S. The topological polar surface area (TPSA) is 141 Å². The fourth-order valence-electron chi connectivity index (χ4n) is 4.71. The number of likely N-dealkylation sites (N-methyl/N-ethyl adjacent to an activating group) is 1. The van der Waals surface area contributed by atoms with Crippen molar-refractivity contribution in [3.63, 3.8) is 0 Å². The first-order valence-electron chi connectivity index (χ1n) is 13.9. The number of rotatable bonds is 15. The molecule has 0 fully saturated rings. The van der Waals surface area contributed by atoms with Gasteiger partial charge in [0, 0.05) is 37.9 Å². The molecule has 0 saturated carbocycles. The van der Waals surface area contributed by atoms with E-state index in [2.05, 4.69) is 10.3 Å². The zero-order valence-corrected chi connectivity index (χ0v) is 25.9. The van der Waals surface area contributed by atoms with Crippen LogP contribution in [0, 0.1) is 11.8 Å². The third-order valence-electron chi connectivity index (χ3n) is 7.07. The van der Waals surface area contributed by atoms with Gasteiger partial charge in [0.05, 0.1) is 19.1 Å². The van der Waals surface area contributed by atoms with Crippen LogP contribution in [-0.4, -0.2) is 65.9 Å². The monoisotopic (exact) mass is 588 g/mol. The second-order valence-corrected chi connectivity index (χ2v) is 11.6. The number of nitrogens with two attached hydrogens (primary N) is 1. The number of nitrogens with one attached hydrogen (secondary N) is 1. The van der Waals surface area contributed by atoms with Crippen molar-refractivity contribution in [3.8, 4) is 0 Å². The quantitative estimate of drug-likeness (QED) is 0.299. The third-order valence-corrected chi connectivity index (χ3v) is 8.00. The Balaban J connectivity index is 2.26. The highest BCUT2D eigenvalue weighted by Crippen LogP contribution is 2.30. The Bertz CT molecular complexity index is 1150. The van der Waals surface area contributed by atoms with Gasteiger partial charge in [-0.15, -0.1) is 11.3 Å². The summed E-state index contributed by atoms with van der Waals surface area (Å²) < 4.78 is 10.5. The van der Waals surface area contributed by atoms with Crippen LogP contribution in [0.25, 0.3) is 0 Å². The largest absolute Gasteiger partial charge is 0.469 e. The van der Waals surface area contributed by atoms with Gasteiger partial charge in [-0.3, -0.25) is 19.2 Å². The smallest absolute Gasteiger partial charge is 0.308 e. The van der Waals surface area contributed by atoms with Crippen LogP contribution in [0.5, 0.6) is 0 Å². The van der Waals surface area contributed by atoms with E-state index in [1.54, 1.807) is 24.3 Å². The predicted molar refractivity (Wildman–Crippen MR) is 158 cm³/mol. The second kappa shape index (κ2) is 16.2. The van der Waals surface area contributed by atoms with Crippen LogP contribution in [0.4, 0.5) is 0 Å². The molecule has 2 amide bonds. The number of benzene rings is 1. The van der Waals surface area contributed by atoms with E-state index in [-0.39, 0.29) is 35.6 Å². The SMILES string of the molecule is CC[C@H](N)C(=O)N(C)[C@H](C[C@@H](OC(C)=O)c1nc(C(=O)N[C@@H](Cc2ccccc2)C[C@H](C)C(=O)OC)cs1)C(C)C. The molecule has 0 spiro atoms. The van der Waals surface area contributed by atoms with Gasteiger partial charge >= 0.3 is 11.9 Å². The average molecular weight is 589 g/mol. The molecule has 2 rings (SSSR count). The number of ether oxygens (including phenoxy) is 2. The summed E-state index contributed by atoms with van der Waals surface area (Å²) in [6, 6.07) is 8.45. The lowest BCUT2D eigenvalue weighted by molar-refractivity contribution is -0.148. The minimum Gasteiger partial charge on any atom is -0.469 e. The molecule has 2 aromatic rings. The number of methoxy groups -OCH3 is 1. The van der Waals surface area contributed by atoms with Crippen LogP contribution in [0.1, 0.15) is 81.0 Å². The normalized spacial score (nSPS) is 14.9. The summed E-state index contributed by atoms with van der Waals surface area (Å²) in [7, 11) is 3.05. The van der Waals surface area contributed by atoms with E-state index in [1.807, 2.05) is 51.1 Å². The Morgan fingerprint density at radius 3 is 2.32 bits per heavy atom. The van der Waals surface area contributed by atoms with Crippen molar-refractivity contribution in [2.24, 2.45) is 17.6 Å². The maximum Gasteiger partial charge on any atom is 0.308 e. The van der Waals surface area contributed by atoms with Crippen LogP contribution >= 0.6 is 11.3 Å². The molecule has 41 heavy (non-hydrogen) atoms. The Labute approximate surface area is 247 Å². The molecule has 1 heterocycles. The van der Waals surface area contributed by atoms with Gasteiger partial charge in [0.15, 0.2) is 6.10 Å². The number of amides is 2. The van der Waals surface area contributed by atoms with Crippen LogP contribution in [0.15, 0.2) is 35.7 Å². The Hall–Kier alpha value is -3.31. The number of carbonyl (C=O) groups is 4. The summed E-state index contributed by atoms with van der Waals surface area (Å²) in [5, 5.41) is 5.10. The first kappa shape index (κ1) is 33.9. The van der Waals surface area contributed by atoms with Crippen molar-refractivity contribution in [1.82, 2.24) is 15.2 Å². The number of hydrogen-bond acceptors (Lipinski definition) is 9. The molecule has 10 nitrogen and oxygen atoms in total. The van der Waals surface area contributed by atoms with Gasteiger partial charge in [0.25, 0.3) is 5.91 Å². The molecule has 0 bridgehead atoms. The summed E-state index contributed by atoms with van der Waals surface area (Å²) in [5.41, 5.74) is 7.20. The molecule has 3 N–H and O–H groups in total. The van der Waals surface area contributed by atoms with E-state index in [1.165, 1.54) is 25.4 Å². The molecule has 11 heteroatoms. The number of carbonyl (C=O) groups excluding carboxylic acids is 4. The first-order chi connectivity index (χ1) is 19.4. The van der Waals surface area contributed by atoms with Crippen molar-refractivity contribution >= 4 is 35.1 Å². The predicted octanol–water partition coefficient (Wildman–Crippen LogP) is 3.90. The highest BCUT2D eigenvalue weighted by Gasteiger charge is 2.32. The second-order valence-electron chi connectivity index (χ2n) is 10.7. The van der Waals surface area contributed by atoms with E-state index in [9.17, 15) is 19.2 Å². The van der Waals surface area contributed by atoms with E-state index < -0.39 is 29.9 Å². The fraction of sp³-hybridized carbons (Fsp3) is 0.567. The van der Waals surface area contributed by atoms with Crippen molar-refractivity contribution < 1.29 is 28.7 Å². The standard InChI is InChI=1S/C30H44N4O6S/c1-8-23(31)29(37)34(6)25(18(2)3)16-26(40-20(5)35)28-33-24(17-41-28)27(36)32-22(14-19(4)30(38)39-7)15-21-12-10-9-11-13-21/h9-13,17-19,22-23,25-26H,8,14-16,31H2,1-7H3,(H,32,36)/t19-,22+,23-,25+,26+/m0/s1. The minimum absolute atomic E-state index is 0.0457. The number of esters is 2. The summed E-state index contributed by atoms with van der Waals surface area (Å²) in [6.45, 7) is 8.91. The highest BCUT2D eigenvalue weighted by molar-refractivity contribution is 7.09. The molecule has 1 aromatic heterocycles. The summed E-state index contributed by atoms with van der Waals surface area (Å²) in [5.74, 6) is -1.78. The zero-order valence-electron chi connectivity index (χ0n) is 25.1. The van der Waals surface area contributed by atoms with E-state index in [4.69, 9.17) is 15.2 Å². The molecule has 226 valence electrons. The molecule has 0 radical (unpaired) electrons. The van der Waals surface area contributed by atoms with Gasteiger partial charge in [-0.05, 0) is 30.7 Å². The van der Waals surface area contributed by atoms with Crippen molar-refractivity contribution in [1.29, 1.82) is 0 Å². The summed E-state index contributed by atoms with van der Waals surface area (Å²) in [4.78, 5) is 56.4. The summed E-state index contributed by atoms with van der Waals surface area (Å²) >= 11 is 1.21. The van der Waals surface area contributed by atoms with E-state index in [0.29, 0.717) is 30.7 Å². The molecule has 0 aliphatic rings. The molecule has 5 atom stereocenters. The summed E-state index contributed by atoms with van der Waals surface area (Å²) in [6.07, 6.45) is 0.973. The Kier molecular flexibility index (Phi) is 13.4.